The van der Waals surface area contributed by atoms with E-state index in [-0.39, 0.29) is 5.79 Å². The van der Waals surface area contributed by atoms with Gasteiger partial charge in [-0.1, -0.05) is 0 Å². The lowest BCUT2D eigenvalue weighted by atomic mass is 9.88. The summed E-state index contributed by atoms with van der Waals surface area (Å²) < 4.78 is 11.6. The summed E-state index contributed by atoms with van der Waals surface area (Å²) in [6.07, 6.45) is 10.2. The van der Waals surface area contributed by atoms with Crippen LogP contribution < -0.4 is 5.32 Å². The molecule has 4 aliphatic rings. The Labute approximate surface area is 128 Å². The largest absolute Gasteiger partial charge is 0.348 e. The average molecular weight is 294 g/mol. The quantitative estimate of drug-likeness (QED) is 0.864. The van der Waals surface area contributed by atoms with E-state index < -0.39 is 0 Å². The van der Waals surface area contributed by atoms with Crippen molar-refractivity contribution >= 4 is 0 Å². The highest BCUT2D eigenvalue weighted by molar-refractivity contribution is 4.94. The van der Waals surface area contributed by atoms with Crippen LogP contribution in [-0.2, 0) is 9.47 Å². The molecule has 0 amide bonds. The van der Waals surface area contributed by atoms with Crippen molar-refractivity contribution in [3.63, 3.8) is 0 Å². The third-order valence-corrected chi connectivity index (χ3v) is 6.45. The van der Waals surface area contributed by atoms with Gasteiger partial charge in [-0.3, -0.25) is 0 Å². The van der Waals surface area contributed by atoms with Gasteiger partial charge in [-0.2, -0.15) is 0 Å². The lowest BCUT2D eigenvalue weighted by Crippen LogP contribution is -2.46. The van der Waals surface area contributed by atoms with Crippen molar-refractivity contribution in [2.75, 3.05) is 26.8 Å². The predicted molar refractivity (Wildman–Crippen MR) is 82.2 cm³/mol. The summed E-state index contributed by atoms with van der Waals surface area (Å²) in [5.74, 6) is 0.693. The zero-order valence-corrected chi connectivity index (χ0v) is 13.4. The molecule has 0 aromatic heterocycles. The van der Waals surface area contributed by atoms with Gasteiger partial charge < -0.3 is 19.7 Å². The molecule has 3 saturated heterocycles. The Bertz CT molecular complexity index is 346. The van der Waals surface area contributed by atoms with Crippen molar-refractivity contribution in [3.8, 4) is 0 Å². The fourth-order valence-electron chi connectivity index (χ4n) is 5.07. The summed E-state index contributed by atoms with van der Waals surface area (Å²) in [6, 6.07) is 2.41. The lowest BCUT2D eigenvalue weighted by Gasteiger charge is -2.39. The maximum atomic E-state index is 5.82. The van der Waals surface area contributed by atoms with Gasteiger partial charge >= 0.3 is 0 Å². The molecule has 1 N–H and O–H groups in total. The van der Waals surface area contributed by atoms with Gasteiger partial charge in [0.05, 0.1) is 13.2 Å². The van der Waals surface area contributed by atoms with Crippen LogP contribution in [-0.4, -0.2) is 55.6 Å². The second kappa shape index (κ2) is 5.80. The fraction of sp³-hybridized carbons (Fsp3) is 1.00. The summed E-state index contributed by atoms with van der Waals surface area (Å²) in [5, 5.41) is 3.85. The van der Waals surface area contributed by atoms with E-state index in [0.29, 0.717) is 6.04 Å². The van der Waals surface area contributed by atoms with Crippen molar-refractivity contribution in [2.24, 2.45) is 5.92 Å². The van der Waals surface area contributed by atoms with Crippen LogP contribution in [0.2, 0.25) is 0 Å². The van der Waals surface area contributed by atoms with Gasteiger partial charge in [0.25, 0.3) is 0 Å². The van der Waals surface area contributed by atoms with E-state index in [4.69, 9.17) is 9.47 Å². The van der Waals surface area contributed by atoms with E-state index in [1.807, 2.05) is 0 Å². The average Bonchev–Trinajstić information content (AvgIpc) is 3.01. The number of ether oxygens (including phenoxy) is 2. The van der Waals surface area contributed by atoms with Gasteiger partial charge in [-0.05, 0) is 58.0 Å². The van der Waals surface area contributed by atoms with Gasteiger partial charge in [-0.25, -0.2) is 0 Å². The first-order valence-corrected chi connectivity index (χ1v) is 8.97. The first-order chi connectivity index (χ1) is 10.2. The Morgan fingerprint density at radius 1 is 1.00 bits per heavy atom. The molecule has 0 aromatic carbocycles. The van der Waals surface area contributed by atoms with Gasteiger partial charge in [0.1, 0.15) is 0 Å². The number of piperidine rings is 1. The predicted octanol–water partition coefficient (Wildman–Crippen LogP) is 2.13. The number of nitrogens with zero attached hydrogens (tertiary/aromatic N) is 1. The van der Waals surface area contributed by atoms with Crippen LogP contribution in [0.5, 0.6) is 0 Å². The van der Waals surface area contributed by atoms with Crippen LogP contribution in [0, 0.1) is 5.92 Å². The van der Waals surface area contributed by atoms with Crippen LogP contribution >= 0.6 is 0 Å². The lowest BCUT2D eigenvalue weighted by molar-refractivity contribution is -0.179. The normalized spacial score (nSPS) is 40.1. The van der Waals surface area contributed by atoms with Crippen molar-refractivity contribution < 1.29 is 9.47 Å². The zero-order chi connectivity index (χ0) is 14.3. The number of nitrogens with one attached hydrogen (secondary N) is 1. The van der Waals surface area contributed by atoms with E-state index in [9.17, 15) is 0 Å². The van der Waals surface area contributed by atoms with Crippen LogP contribution in [0.25, 0.3) is 0 Å². The topological polar surface area (TPSA) is 33.7 Å². The molecule has 4 fully saturated rings. The zero-order valence-electron chi connectivity index (χ0n) is 13.4. The third kappa shape index (κ3) is 2.88. The molecular weight excluding hydrogens is 264 g/mol. The molecule has 4 nitrogen and oxygen atoms in total. The molecule has 21 heavy (non-hydrogen) atoms. The number of rotatable bonds is 3. The van der Waals surface area contributed by atoms with E-state index >= 15 is 0 Å². The van der Waals surface area contributed by atoms with Gasteiger partial charge in [0.15, 0.2) is 5.79 Å². The molecule has 1 spiro atoms. The number of fused-ring (bicyclic) bond motifs is 2. The molecule has 0 aromatic rings. The summed E-state index contributed by atoms with van der Waals surface area (Å²) >= 11 is 0. The van der Waals surface area contributed by atoms with E-state index in [2.05, 4.69) is 17.3 Å². The maximum absolute atomic E-state index is 5.82. The molecule has 2 atom stereocenters. The highest BCUT2D eigenvalue weighted by Crippen LogP contribution is 2.38. The minimum absolute atomic E-state index is 0.204. The summed E-state index contributed by atoms with van der Waals surface area (Å²) in [5.41, 5.74) is 0. The molecule has 2 bridgehead atoms. The second-order valence-electron chi connectivity index (χ2n) is 7.68. The molecular formula is C17H30N2O2. The fourth-order valence-corrected chi connectivity index (χ4v) is 5.07. The Kier molecular flexibility index (Phi) is 3.99. The Morgan fingerprint density at radius 2 is 1.62 bits per heavy atom. The van der Waals surface area contributed by atoms with Crippen LogP contribution in [0.4, 0.5) is 0 Å². The van der Waals surface area contributed by atoms with Crippen LogP contribution in [0.15, 0.2) is 0 Å². The van der Waals surface area contributed by atoms with Crippen LogP contribution in [0.1, 0.15) is 51.4 Å². The van der Waals surface area contributed by atoms with Gasteiger partial charge in [-0.15, -0.1) is 0 Å². The minimum Gasteiger partial charge on any atom is -0.348 e. The van der Waals surface area contributed by atoms with E-state index in [1.165, 1.54) is 45.1 Å². The van der Waals surface area contributed by atoms with Gasteiger partial charge in [0, 0.05) is 31.0 Å². The molecule has 1 aliphatic carbocycles. The van der Waals surface area contributed by atoms with Gasteiger partial charge in [0.2, 0.25) is 0 Å². The molecule has 3 heterocycles. The summed E-state index contributed by atoms with van der Waals surface area (Å²) in [7, 11) is 2.33. The molecule has 1 saturated carbocycles. The second-order valence-corrected chi connectivity index (χ2v) is 7.68. The molecule has 4 rings (SSSR count). The summed E-state index contributed by atoms with van der Waals surface area (Å²) in [4.78, 5) is 2.63. The van der Waals surface area contributed by atoms with E-state index in [1.54, 1.807) is 0 Å². The number of hydrogen-bond donors (Lipinski definition) is 1. The van der Waals surface area contributed by atoms with Crippen molar-refractivity contribution in [1.82, 2.24) is 10.2 Å². The maximum Gasteiger partial charge on any atom is 0.168 e. The monoisotopic (exact) mass is 294 g/mol. The standard InChI is InChI=1S/C17H30N2O2/c1-19-15-2-3-16(19)11-13(10-15)12-18-14-4-6-17(7-5-14)20-8-9-21-17/h13-16,18H,2-12H2,1H3. The molecule has 4 heteroatoms. The SMILES string of the molecule is CN1C2CCC1CC(CNC1CCC3(CC1)OCCO3)C2. The molecule has 2 unspecified atom stereocenters. The molecule has 3 aliphatic heterocycles. The molecule has 0 radical (unpaired) electrons. The summed E-state index contributed by atoms with van der Waals surface area (Å²) in [6.45, 7) is 2.80. The highest BCUT2D eigenvalue weighted by Gasteiger charge is 2.41. The molecule has 120 valence electrons. The Balaban J connectivity index is 1.22. The third-order valence-electron chi connectivity index (χ3n) is 6.45. The Morgan fingerprint density at radius 3 is 2.24 bits per heavy atom. The highest BCUT2D eigenvalue weighted by atomic mass is 16.7. The van der Waals surface area contributed by atoms with Crippen molar-refractivity contribution in [2.45, 2.75) is 75.3 Å². The minimum atomic E-state index is -0.204. The Hall–Kier alpha value is -0.160. The smallest absolute Gasteiger partial charge is 0.168 e. The van der Waals surface area contributed by atoms with Crippen LogP contribution in [0.3, 0.4) is 0 Å². The first-order valence-electron chi connectivity index (χ1n) is 8.97. The van der Waals surface area contributed by atoms with E-state index in [0.717, 1.165) is 44.1 Å². The first kappa shape index (κ1) is 14.4. The van der Waals surface area contributed by atoms with Crippen molar-refractivity contribution in [1.29, 1.82) is 0 Å². The number of hydrogen-bond acceptors (Lipinski definition) is 4. The van der Waals surface area contributed by atoms with Crippen molar-refractivity contribution in [3.05, 3.63) is 0 Å².